The molecule has 21 heavy (non-hydrogen) atoms. The van der Waals surface area contributed by atoms with Crippen LogP contribution in [0.5, 0.6) is 5.75 Å². The van der Waals surface area contributed by atoms with Gasteiger partial charge in [-0.05, 0) is 18.1 Å². The van der Waals surface area contributed by atoms with Crippen molar-refractivity contribution in [3.05, 3.63) is 34.8 Å². The number of para-hydroxylation sites is 1. The van der Waals surface area contributed by atoms with Crippen LogP contribution in [-0.4, -0.2) is 18.1 Å². The van der Waals surface area contributed by atoms with Crippen molar-refractivity contribution in [3.8, 4) is 16.3 Å². The lowest BCUT2D eigenvalue weighted by atomic mass is 10.1. The molecule has 0 fully saturated rings. The molecule has 1 aromatic heterocycles. The van der Waals surface area contributed by atoms with Gasteiger partial charge in [0.25, 0.3) is 0 Å². The summed E-state index contributed by atoms with van der Waals surface area (Å²) in [6.07, 6.45) is 0. The molecule has 2 aromatic rings. The van der Waals surface area contributed by atoms with E-state index in [0.29, 0.717) is 12.0 Å². The summed E-state index contributed by atoms with van der Waals surface area (Å²) in [5.74, 6) is 1.30. The monoisotopic (exact) mass is 304 g/mol. The average molecular weight is 304 g/mol. The van der Waals surface area contributed by atoms with E-state index >= 15 is 0 Å². The molecule has 0 aliphatic rings. The lowest BCUT2D eigenvalue weighted by Crippen LogP contribution is -2.22. The highest BCUT2D eigenvalue weighted by Crippen LogP contribution is 2.36. The Kier molecular flexibility index (Phi) is 5.37. The number of hydrogen-bond donors (Lipinski definition) is 1. The SMILES string of the molecule is COc1ccccc1-c1nc(C(C)C)c(CNC(C)C)s1. The third-order valence-corrected chi connectivity index (χ3v) is 4.39. The molecule has 0 radical (unpaired) electrons. The fourth-order valence-corrected chi connectivity index (χ4v) is 3.37. The van der Waals surface area contributed by atoms with E-state index in [-0.39, 0.29) is 0 Å². The van der Waals surface area contributed by atoms with Gasteiger partial charge in [0.15, 0.2) is 0 Å². The molecule has 0 unspecified atom stereocenters. The number of methoxy groups -OCH3 is 1. The Bertz CT molecular complexity index is 590. The van der Waals surface area contributed by atoms with Crippen molar-refractivity contribution in [2.75, 3.05) is 7.11 Å². The second-order valence-electron chi connectivity index (χ2n) is 5.72. The Morgan fingerprint density at radius 3 is 2.52 bits per heavy atom. The van der Waals surface area contributed by atoms with Gasteiger partial charge in [0.1, 0.15) is 10.8 Å². The van der Waals surface area contributed by atoms with Gasteiger partial charge < -0.3 is 10.1 Å². The van der Waals surface area contributed by atoms with E-state index in [9.17, 15) is 0 Å². The Morgan fingerprint density at radius 1 is 1.19 bits per heavy atom. The maximum atomic E-state index is 5.46. The Hall–Kier alpha value is -1.39. The number of nitrogens with zero attached hydrogens (tertiary/aromatic N) is 1. The topological polar surface area (TPSA) is 34.1 Å². The number of nitrogens with one attached hydrogen (secondary N) is 1. The zero-order valence-corrected chi connectivity index (χ0v) is 14.3. The second-order valence-corrected chi connectivity index (χ2v) is 6.80. The summed E-state index contributed by atoms with van der Waals surface area (Å²) in [5.41, 5.74) is 2.26. The molecule has 3 nitrogen and oxygen atoms in total. The number of rotatable bonds is 6. The van der Waals surface area contributed by atoms with Crippen LogP contribution in [0.1, 0.15) is 44.2 Å². The molecule has 2 rings (SSSR count). The van der Waals surface area contributed by atoms with Gasteiger partial charge in [0, 0.05) is 17.5 Å². The van der Waals surface area contributed by atoms with Crippen LogP contribution in [0.4, 0.5) is 0 Å². The number of hydrogen-bond acceptors (Lipinski definition) is 4. The lowest BCUT2D eigenvalue weighted by molar-refractivity contribution is 0.416. The van der Waals surface area contributed by atoms with Crippen molar-refractivity contribution in [2.45, 2.75) is 46.2 Å². The van der Waals surface area contributed by atoms with Gasteiger partial charge in [-0.15, -0.1) is 11.3 Å². The van der Waals surface area contributed by atoms with Gasteiger partial charge in [0.2, 0.25) is 0 Å². The molecule has 0 atom stereocenters. The summed E-state index contributed by atoms with van der Waals surface area (Å²) < 4.78 is 5.46. The van der Waals surface area contributed by atoms with E-state index in [2.05, 4.69) is 39.1 Å². The van der Waals surface area contributed by atoms with Gasteiger partial charge >= 0.3 is 0 Å². The molecule has 1 N–H and O–H groups in total. The molecule has 0 bridgehead atoms. The predicted molar refractivity (Wildman–Crippen MR) is 90.2 cm³/mol. The first-order chi connectivity index (χ1) is 10.0. The van der Waals surface area contributed by atoms with E-state index < -0.39 is 0 Å². The Labute approximate surface area is 131 Å². The Morgan fingerprint density at radius 2 is 1.90 bits per heavy atom. The van der Waals surface area contributed by atoms with Crippen molar-refractivity contribution in [1.82, 2.24) is 10.3 Å². The molecule has 0 amide bonds. The maximum absolute atomic E-state index is 5.46. The molecule has 1 aromatic carbocycles. The first-order valence-corrected chi connectivity index (χ1v) is 8.21. The largest absolute Gasteiger partial charge is 0.496 e. The fraction of sp³-hybridized carbons (Fsp3) is 0.471. The summed E-state index contributed by atoms with van der Waals surface area (Å²) in [4.78, 5) is 6.18. The second kappa shape index (κ2) is 7.05. The standard InChI is InChI=1S/C17H24N2OS/c1-11(2)16-15(10-18-12(3)4)21-17(19-16)13-8-6-7-9-14(13)20-5/h6-9,11-12,18H,10H2,1-5H3. The predicted octanol–water partition coefficient (Wildman–Crippen LogP) is 4.44. The summed E-state index contributed by atoms with van der Waals surface area (Å²) in [7, 11) is 1.71. The number of ether oxygens (including phenoxy) is 1. The van der Waals surface area contributed by atoms with E-state index in [1.165, 1.54) is 10.6 Å². The molecule has 0 aliphatic carbocycles. The van der Waals surface area contributed by atoms with Gasteiger partial charge in [-0.3, -0.25) is 0 Å². The van der Waals surface area contributed by atoms with Crippen LogP contribution in [0.2, 0.25) is 0 Å². The highest BCUT2D eigenvalue weighted by molar-refractivity contribution is 7.15. The summed E-state index contributed by atoms with van der Waals surface area (Å²) in [6, 6.07) is 8.54. The fourth-order valence-electron chi connectivity index (χ4n) is 2.17. The number of thiazole rings is 1. The highest BCUT2D eigenvalue weighted by atomic mass is 32.1. The maximum Gasteiger partial charge on any atom is 0.129 e. The summed E-state index contributed by atoms with van der Waals surface area (Å²) in [5, 5.41) is 4.53. The van der Waals surface area contributed by atoms with Gasteiger partial charge in [-0.1, -0.05) is 39.8 Å². The zero-order chi connectivity index (χ0) is 15.4. The smallest absolute Gasteiger partial charge is 0.129 e. The summed E-state index contributed by atoms with van der Waals surface area (Å²) >= 11 is 1.76. The first kappa shape index (κ1) is 16.0. The molecule has 1 heterocycles. The van der Waals surface area contributed by atoms with E-state index in [0.717, 1.165) is 22.9 Å². The molecular formula is C17H24N2OS. The van der Waals surface area contributed by atoms with Crippen molar-refractivity contribution in [1.29, 1.82) is 0 Å². The van der Waals surface area contributed by atoms with Gasteiger partial charge in [0.05, 0.1) is 18.4 Å². The lowest BCUT2D eigenvalue weighted by Gasteiger charge is -2.09. The summed E-state index contributed by atoms with van der Waals surface area (Å²) in [6.45, 7) is 9.59. The first-order valence-electron chi connectivity index (χ1n) is 7.39. The van der Waals surface area contributed by atoms with Crippen LogP contribution in [0.3, 0.4) is 0 Å². The Balaban J connectivity index is 2.39. The van der Waals surface area contributed by atoms with Crippen LogP contribution in [0, 0.1) is 0 Å². The zero-order valence-electron chi connectivity index (χ0n) is 13.4. The molecule has 0 saturated carbocycles. The number of aromatic nitrogens is 1. The quantitative estimate of drug-likeness (QED) is 0.856. The van der Waals surface area contributed by atoms with Gasteiger partial charge in [-0.25, -0.2) is 4.98 Å². The van der Waals surface area contributed by atoms with Crippen molar-refractivity contribution in [3.63, 3.8) is 0 Å². The molecule has 4 heteroatoms. The van der Waals surface area contributed by atoms with Crippen LogP contribution in [0.15, 0.2) is 24.3 Å². The molecule has 114 valence electrons. The molecule has 0 saturated heterocycles. The minimum atomic E-state index is 0.425. The third kappa shape index (κ3) is 3.83. The normalized spacial score (nSPS) is 11.4. The van der Waals surface area contributed by atoms with E-state index in [4.69, 9.17) is 9.72 Å². The van der Waals surface area contributed by atoms with Crippen LogP contribution in [-0.2, 0) is 6.54 Å². The highest BCUT2D eigenvalue weighted by Gasteiger charge is 2.17. The van der Waals surface area contributed by atoms with Crippen LogP contribution >= 0.6 is 11.3 Å². The van der Waals surface area contributed by atoms with Crippen molar-refractivity contribution in [2.24, 2.45) is 0 Å². The van der Waals surface area contributed by atoms with Crippen molar-refractivity contribution >= 4 is 11.3 Å². The molecular weight excluding hydrogens is 280 g/mol. The average Bonchev–Trinajstić information content (AvgIpc) is 2.89. The minimum absolute atomic E-state index is 0.425. The number of benzene rings is 1. The van der Waals surface area contributed by atoms with Crippen LogP contribution < -0.4 is 10.1 Å². The molecule has 0 aliphatic heterocycles. The van der Waals surface area contributed by atoms with E-state index in [1.807, 2.05) is 18.2 Å². The van der Waals surface area contributed by atoms with Crippen molar-refractivity contribution < 1.29 is 4.74 Å². The minimum Gasteiger partial charge on any atom is -0.496 e. The van der Waals surface area contributed by atoms with E-state index in [1.54, 1.807) is 18.4 Å². The third-order valence-electron chi connectivity index (χ3n) is 3.28. The van der Waals surface area contributed by atoms with Crippen LogP contribution in [0.25, 0.3) is 10.6 Å². The van der Waals surface area contributed by atoms with Gasteiger partial charge in [-0.2, -0.15) is 0 Å². The molecule has 0 spiro atoms.